The second-order valence-electron chi connectivity index (χ2n) is 4.25. The lowest BCUT2D eigenvalue weighted by molar-refractivity contribution is -0.136. The lowest BCUT2D eigenvalue weighted by Gasteiger charge is -2.01. The van der Waals surface area contributed by atoms with Crippen molar-refractivity contribution in [1.82, 2.24) is 10.3 Å². The Hall–Kier alpha value is -2.21. The molecule has 2 N–H and O–H groups in total. The fraction of sp³-hybridized carbons (Fsp3) is 0.214. The minimum atomic E-state index is -0.941. The first-order chi connectivity index (χ1) is 9.58. The topological polar surface area (TPSA) is 79.3 Å². The molecule has 0 saturated heterocycles. The molecular weight excluding hydrogens is 276 g/mol. The third-order valence-electron chi connectivity index (χ3n) is 2.74. The molecule has 0 bridgehead atoms. The molecule has 0 aliphatic rings. The van der Waals surface area contributed by atoms with Gasteiger partial charge in [-0.05, 0) is 12.5 Å². The number of nitrogens with zero attached hydrogens (tertiary/aromatic N) is 1. The number of hydrogen-bond acceptors (Lipinski definition) is 4. The van der Waals surface area contributed by atoms with Crippen LogP contribution in [0.25, 0.3) is 10.6 Å². The summed E-state index contributed by atoms with van der Waals surface area (Å²) in [6.45, 7) is 2.09. The van der Waals surface area contributed by atoms with Gasteiger partial charge in [0, 0.05) is 17.5 Å². The zero-order valence-electron chi connectivity index (χ0n) is 10.9. The summed E-state index contributed by atoms with van der Waals surface area (Å²) in [5, 5.41) is 13.5. The van der Waals surface area contributed by atoms with Gasteiger partial charge in [-0.3, -0.25) is 9.59 Å². The fourth-order valence-corrected chi connectivity index (χ4v) is 2.58. The average molecular weight is 290 g/mol. The van der Waals surface area contributed by atoms with Gasteiger partial charge in [0.2, 0.25) is 0 Å². The van der Waals surface area contributed by atoms with Crippen molar-refractivity contribution >= 4 is 23.2 Å². The van der Waals surface area contributed by atoms with E-state index in [1.807, 2.05) is 31.2 Å². The second kappa shape index (κ2) is 6.29. The first kappa shape index (κ1) is 14.2. The van der Waals surface area contributed by atoms with Crippen molar-refractivity contribution in [1.29, 1.82) is 0 Å². The van der Waals surface area contributed by atoms with E-state index in [2.05, 4.69) is 10.3 Å². The summed E-state index contributed by atoms with van der Waals surface area (Å²) in [4.78, 5) is 26.5. The van der Waals surface area contributed by atoms with E-state index in [9.17, 15) is 9.59 Å². The second-order valence-corrected chi connectivity index (χ2v) is 5.11. The van der Waals surface area contributed by atoms with Gasteiger partial charge in [-0.2, -0.15) is 0 Å². The molecule has 2 rings (SSSR count). The molecule has 0 fully saturated rings. The number of hydrogen-bond donors (Lipinski definition) is 2. The monoisotopic (exact) mass is 290 g/mol. The zero-order chi connectivity index (χ0) is 14.5. The minimum absolute atomic E-state index is 0.0967. The van der Waals surface area contributed by atoms with Crippen LogP contribution in [0, 0.1) is 6.92 Å². The SMILES string of the molecule is Cc1ccccc1-c1nc(C(=O)NCCC(=O)O)cs1. The Morgan fingerprint density at radius 3 is 2.80 bits per heavy atom. The number of benzene rings is 1. The number of carboxylic acid groups (broad SMARTS) is 1. The summed E-state index contributed by atoms with van der Waals surface area (Å²) in [5.74, 6) is -1.29. The van der Waals surface area contributed by atoms with Gasteiger partial charge in [-0.15, -0.1) is 11.3 Å². The van der Waals surface area contributed by atoms with Crippen LogP contribution in [-0.2, 0) is 4.79 Å². The molecule has 0 aliphatic carbocycles. The Morgan fingerprint density at radius 2 is 2.10 bits per heavy atom. The van der Waals surface area contributed by atoms with Crippen molar-refractivity contribution in [3.8, 4) is 10.6 Å². The smallest absolute Gasteiger partial charge is 0.305 e. The number of carboxylic acids is 1. The van der Waals surface area contributed by atoms with Gasteiger partial charge >= 0.3 is 5.97 Å². The number of aromatic nitrogens is 1. The van der Waals surface area contributed by atoms with Gasteiger partial charge in [0.25, 0.3) is 5.91 Å². The Morgan fingerprint density at radius 1 is 1.35 bits per heavy atom. The highest BCUT2D eigenvalue weighted by atomic mass is 32.1. The third kappa shape index (κ3) is 3.42. The summed E-state index contributed by atoms with van der Waals surface area (Å²) < 4.78 is 0. The molecule has 1 aromatic heterocycles. The van der Waals surface area contributed by atoms with Crippen LogP contribution in [0.1, 0.15) is 22.5 Å². The number of aliphatic carboxylic acids is 1. The van der Waals surface area contributed by atoms with Crippen molar-refractivity contribution < 1.29 is 14.7 Å². The maximum atomic E-state index is 11.8. The van der Waals surface area contributed by atoms with Crippen molar-refractivity contribution in [2.45, 2.75) is 13.3 Å². The van der Waals surface area contributed by atoms with Crippen LogP contribution in [0.5, 0.6) is 0 Å². The number of aryl methyl sites for hydroxylation is 1. The van der Waals surface area contributed by atoms with Crippen LogP contribution in [-0.4, -0.2) is 28.5 Å². The molecule has 2 aromatic rings. The molecule has 1 aromatic carbocycles. The maximum Gasteiger partial charge on any atom is 0.305 e. The molecule has 6 heteroatoms. The molecule has 104 valence electrons. The molecule has 0 radical (unpaired) electrons. The average Bonchev–Trinajstić information content (AvgIpc) is 2.88. The Kier molecular flexibility index (Phi) is 4.47. The fourth-order valence-electron chi connectivity index (χ4n) is 1.69. The van der Waals surface area contributed by atoms with Crippen molar-refractivity contribution in [2.24, 2.45) is 0 Å². The van der Waals surface area contributed by atoms with Crippen LogP contribution >= 0.6 is 11.3 Å². The predicted octanol–water partition coefficient (Wildman–Crippen LogP) is 2.32. The number of nitrogens with one attached hydrogen (secondary N) is 1. The molecule has 0 atom stereocenters. The Bertz CT molecular complexity index is 637. The lowest BCUT2D eigenvalue weighted by atomic mass is 10.1. The van der Waals surface area contributed by atoms with Gasteiger partial charge < -0.3 is 10.4 Å². The highest BCUT2D eigenvalue weighted by Gasteiger charge is 2.12. The molecule has 0 unspecified atom stereocenters. The Balaban J connectivity index is 2.07. The summed E-state index contributed by atoms with van der Waals surface area (Å²) >= 11 is 1.40. The van der Waals surface area contributed by atoms with Gasteiger partial charge in [-0.1, -0.05) is 24.3 Å². The maximum absolute atomic E-state index is 11.8. The first-order valence-electron chi connectivity index (χ1n) is 6.09. The summed E-state index contributed by atoms with van der Waals surface area (Å²) in [6.07, 6.45) is -0.0967. The third-order valence-corrected chi connectivity index (χ3v) is 3.61. The first-order valence-corrected chi connectivity index (χ1v) is 6.97. The van der Waals surface area contributed by atoms with E-state index in [-0.39, 0.29) is 18.9 Å². The number of thiazole rings is 1. The predicted molar refractivity (Wildman–Crippen MR) is 76.9 cm³/mol. The van der Waals surface area contributed by atoms with Crippen LogP contribution in [0.15, 0.2) is 29.6 Å². The number of rotatable bonds is 5. The number of carbonyl (C=O) groups is 2. The van der Waals surface area contributed by atoms with Gasteiger partial charge in [0.15, 0.2) is 0 Å². The molecule has 0 aliphatic heterocycles. The number of carbonyl (C=O) groups excluding carboxylic acids is 1. The quantitative estimate of drug-likeness (QED) is 0.885. The van der Waals surface area contributed by atoms with E-state index in [0.29, 0.717) is 5.69 Å². The van der Waals surface area contributed by atoms with E-state index in [1.165, 1.54) is 11.3 Å². The Labute approximate surface area is 120 Å². The standard InChI is InChI=1S/C14H14N2O3S/c1-9-4-2-3-5-10(9)14-16-11(8-20-14)13(19)15-7-6-12(17)18/h2-5,8H,6-7H2,1H3,(H,15,19)(H,17,18). The van der Waals surface area contributed by atoms with Crippen LogP contribution in [0.2, 0.25) is 0 Å². The number of amides is 1. The summed E-state index contributed by atoms with van der Waals surface area (Å²) in [6, 6.07) is 7.83. The van der Waals surface area contributed by atoms with Crippen LogP contribution < -0.4 is 5.32 Å². The lowest BCUT2D eigenvalue weighted by Crippen LogP contribution is -2.26. The van der Waals surface area contributed by atoms with E-state index >= 15 is 0 Å². The van der Waals surface area contributed by atoms with Crippen LogP contribution in [0.3, 0.4) is 0 Å². The van der Waals surface area contributed by atoms with E-state index in [1.54, 1.807) is 5.38 Å². The highest BCUT2D eigenvalue weighted by Crippen LogP contribution is 2.26. The van der Waals surface area contributed by atoms with Gasteiger partial charge in [0.05, 0.1) is 6.42 Å². The van der Waals surface area contributed by atoms with E-state index < -0.39 is 5.97 Å². The molecule has 5 nitrogen and oxygen atoms in total. The highest BCUT2D eigenvalue weighted by molar-refractivity contribution is 7.13. The van der Waals surface area contributed by atoms with Crippen molar-refractivity contribution in [3.63, 3.8) is 0 Å². The summed E-state index contributed by atoms with van der Waals surface area (Å²) in [7, 11) is 0. The zero-order valence-corrected chi connectivity index (χ0v) is 11.7. The van der Waals surface area contributed by atoms with E-state index in [4.69, 9.17) is 5.11 Å². The minimum Gasteiger partial charge on any atom is -0.481 e. The molecule has 0 saturated carbocycles. The molecule has 1 amide bonds. The van der Waals surface area contributed by atoms with Crippen molar-refractivity contribution in [3.05, 3.63) is 40.9 Å². The van der Waals surface area contributed by atoms with Crippen molar-refractivity contribution in [2.75, 3.05) is 6.54 Å². The normalized spacial score (nSPS) is 10.2. The van der Waals surface area contributed by atoms with E-state index in [0.717, 1.165) is 16.1 Å². The van der Waals surface area contributed by atoms with Gasteiger partial charge in [-0.25, -0.2) is 4.98 Å². The van der Waals surface area contributed by atoms with Crippen LogP contribution in [0.4, 0.5) is 0 Å². The molecule has 20 heavy (non-hydrogen) atoms. The van der Waals surface area contributed by atoms with Gasteiger partial charge in [0.1, 0.15) is 10.7 Å². The molecule has 1 heterocycles. The largest absolute Gasteiger partial charge is 0.481 e. The molecule has 0 spiro atoms. The molecular formula is C14H14N2O3S. The summed E-state index contributed by atoms with van der Waals surface area (Å²) in [5.41, 5.74) is 2.42.